The smallest absolute Gasteiger partial charge is 0.306 e. The molecule has 4 nitrogen and oxygen atoms in total. The lowest BCUT2D eigenvalue weighted by atomic mass is 10.1. The largest absolute Gasteiger partial charge is 0.466 e. The molecule has 0 fully saturated rings. The van der Waals surface area contributed by atoms with Gasteiger partial charge in [-0.15, -0.1) is 5.92 Å². The molecule has 1 atom stereocenters. The van der Waals surface area contributed by atoms with E-state index in [4.69, 9.17) is 9.47 Å². The van der Waals surface area contributed by atoms with Gasteiger partial charge in [0.05, 0.1) is 6.61 Å². The summed E-state index contributed by atoms with van der Waals surface area (Å²) in [5.41, 5.74) is 0. The van der Waals surface area contributed by atoms with Crippen molar-refractivity contribution >= 4 is 11.9 Å². The minimum atomic E-state index is -0.250. The van der Waals surface area contributed by atoms with Gasteiger partial charge in [0.1, 0.15) is 6.10 Å². The summed E-state index contributed by atoms with van der Waals surface area (Å²) >= 11 is 0. The summed E-state index contributed by atoms with van der Waals surface area (Å²) in [5, 5.41) is 0. The first-order valence-electron chi connectivity index (χ1n) is 11.4. The minimum Gasteiger partial charge on any atom is -0.466 e. The third kappa shape index (κ3) is 17.9. The molecule has 28 heavy (non-hydrogen) atoms. The number of carbonyl (C=O) groups is 2. The normalized spacial score (nSPS) is 11.4. The number of hydrogen-bond donors (Lipinski definition) is 0. The van der Waals surface area contributed by atoms with Crippen molar-refractivity contribution in [3.63, 3.8) is 0 Å². The predicted octanol–water partition coefficient (Wildman–Crippen LogP) is 6.36. The van der Waals surface area contributed by atoms with Gasteiger partial charge in [-0.1, -0.05) is 71.6 Å². The number of unbranched alkanes of at least 4 members (excludes halogenated alkanes) is 8. The zero-order chi connectivity index (χ0) is 20.9. The maximum atomic E-state index is 11.9. The standard InChI is InChI=1S/C24H42O4/c1-4-7-9-11-12-13-14-16-21-27-23(25)19-17-20-24(26)28-22(6-3)18-15-10-8-5-2/h22H,4-9,11-14,16-21H2,1-3H3. The van der Waals surface area contributed by atoms with E-state index in [-0.39, 0.29) is 30.9 Å². The van der Waals surface area contributed by atoms with Crippen LogP contribution in [-0.4, -0.2) is 24.6 Å². The lowest BCUT2D eigenvalue weighted by molar-refractivity contribution is -0.149. The molecule has 4 heteroatoms. The monoisotopic (exact) mass is 394 g/mol. The Morgan fingerprint density at radius 3 is 2.04 bits per heavy atom. The topological polar surface area (TPSA) is 52.6 Å². The van der Waals surface area contributed by atoms with Crippen LogP contribution in [0.4, 0.5) is 0 Å². The van der Waals surface area contributed by atoms with Crippen LogP contribution < -0.4 is 0 Å². The lowest BCUT2D eigenvalue weighted by Crippen LogP contribution is -2.17. The fourth-order valence-electron chi connectivity index (χ4n) is 2.78. The van der Waals surface area contributed by atoms with Crippen LogP contribution in [0.3, 0.4) is 0 Å². The second kappa shape index (κ2) is 20.2. The van der Waals surface area contributed by atoms with Crippen molar-refractivity contribution in [3.8, 4) is 11.8 Å². The molecule has 0 saturated carbocycles. The third-order valence-corrected chi connectivity index (χ3v) is 4.61. The predicted molar refractivity (Wildman–Crippen MR) is 115 cm³/mol. The average molecular weight is 395 g/mol. The first kappa shape index (κ1) is 26.5. The van der Waals surface area contributed by atoms with E-state index in [1.165, 1.54) is 38.5 Å². The molecule has 0 aliphatic carbocycles. The van der Waals surface area contributed by atoms with Crippen molar-refractivity contribution in [2.45, 2.75) is 123 Å². The summed E-state index contributed by atoms with van der Waals surface area (Å²) in [6.07, 6.45) is 13.9. The second-order valence-electron chi connectivity index (χ2n) is 7.38. The van der Waals surface area contributed by atoms with Crippen LogP contribution in [0.1, 0.15) is 117 Å². The number of carbonyl (C=O) groups excluding carboxylic acids is 2. The van der Waals surface area contributed by atoms with Gasteiger partial charge in [0.15, 0.2) is 0 Å². The van der Waals surface area contributed by atoms with E-state index in [9.17, 15) is 9.59 Å². The zero-order valence-corrected chi connectivity index (χ0v) is 18.5. The van der Waals surface area contributed by atoms with Crippen molar-refractivity contribution in [1.82, 2.24) is 0 Å². The average Bonchev–Trinajstić information content (AvgIpc) is 2.69. The highest BCUT2D eigenvalue weighted by Crippen LogP contribution is 2.10. The summed E-state index contributed by atoms with van der Waals surface area (Å²) in [6, 6.07) is 0. The molecular weight excluding hydrogens is 352 g/mol. The van der Waals surface area contributed by atoms with Gasteiger partial charge in [-0.2, -0.15) is 0 Å². The molecule has 0 N–H and O–H groups in total. The minimum absolute atomic E-state index is 0.147. The maximum Gasteiger partial charge on any atom is 0.306 e. The van der Waals surface area contributed by atoms with Gasteiger partial charge in [0.25, 0.3) is 0 Å². The molecule has 0 rings (SSSR count). The van der Waals surface area contributed by atoms with Gasteiger partial charge < -0.3 is 9.47 Å². The Morgan fingerprint density at radius 1 is 0.750 bits per heavy atom. The van der Waals surface area contributed by atoms with Crippen molar-refractivity contribution in [2.75, 3.05) is 6.61 Å². The van der Waals surface area contributed by atoms with E-state index < -0.39 is 0 Å². The molecule has 0 aromatic rings. The number of hydrogen-bond acceptors (Lipinski definition) is 4. The molecule has 0 spiro atoms. The van der Waals surface area contributed by atoms with Crippen molar-refractivity contribution < 1.29 is 19.1 Å². The van der Waals surface area contributed by atoms with E-state index in [0.29, 0.717) is 19.4 Å². The second-order valence-corrected chi connectivity index (χ2v) is 7.38. The zero-order valence-electron chi connectivity index (χ0n) is 18.5. The molecular formula is C24H42O4. The molecule has 0 heterocycles. The summed E-state index contributed by atoms with van der Waals surface area (Å²) in [7, 11) is 0. The first-order valence-corrected chi connectivity index (χ1v) is 11.4. The van der Waals surface area contributed by atoms with E-state index in [0.717, 1.165) is 32.1 Å². The Morgan fingerprint density at radius 2 is 1.39 bits per heavy atom. The van der Waals surface area contributed by atoms with E-state index in [1.807, 2.05) is 6.92 Å². The maximum absolute atomic E-state index is 11.9. The molecule has 0 aromatic carbocycles. The Kier molecular flexibility index (Phi) is 19.2. The fraction of sp³-hybridized carbons (Fsp3) is 0.833. The highest BCUT2D eigenvalue weighted by molar-refractivity contribution is 5.72. The number of esters is 2. The first-order chi connectivity index (χ1) is 13.6. The quantitative estimate of drug-likeness (QED) is 0.164. The highest BCUT2D eigenvalue weighted by atomic mass is 16.5. The van der Waals surface area contributed by atoms with Crippen molar-refractivity contribution in [2.24, 2.45) is 0 Å². The van der Waals surface area contributed by atoms with Gasteiger partial charge >= 0.3 is 11.9 Å². The van der Waals surface area contributed by atoms with Gasteiger partial charge in [-0.05, 0) is 25.7 Å². The van der Waals surface area contributed by atoms with E-state index in [2.05, 4.69) is 25.7 Å². The van der Waals surface area contributed by atoms with E-state index >= 15 is 0 Å². The Bertz CT molecular complexity index is 447. The van der Waals surface area contributed by atoms with Crippen LogP contribution in [0.5, 0.6) is 0 Å². The van der Waals surface area contributed by atoms with Gasteiger partial charge in [0, 0.05) is 25.7 Å². The van der Waals surface area contributed by atoms with Gasteiger partial charge in [-0.3, -0.25) is 9.59 Å². The highest BCUT2D eigenvalue weighted by Gasteiger charge is 2.12. The molecule has 0 amide bonds. The third-order valence-electron chi connectivity index (χ3n) is 4.61. The molecule has 1 unspecified atom stereocenters. The van der Waals surface area contributed by atoms with E-state index in [1.54, 1.807) is 0 Å². The molecule has 0 saturated heterocycles. The summed E-state index contributed by atoms with van der Waals surface area (Å²) in [4.78, 5) is 23.6. The summed E-state index contributed by atoms with van der Waals surface area (Å²) < 4.78 is 10.7. The van der Waals surface area contributed by atoms with Crippen LogP contribution in [0.2, 0.25) is 0 Å². The van der Waals surface area contributed by atoms with Crippen molar-refractivity contribution in [3.05, 3.63) is 0 Å². The van der Waals surface area contributed by atoms with Crippen LogP contribution in [-0.2, 0) is 19.1 Å². The van der Waals surface area contributed by atoms with Gasteiger partial charge in [-0.25, -0.2) is 0 Å². The van der Waals surface area contributed by atoms with Crippen LogP contribution in [0, 0.1) is 11.8 Å². The summed E-state index contributed by atoms with van der Waals surface area (Å²) in [6.45, 7) is 6.80. The molecule has 162 valence electrons. The van der Waals surface area contributed by atoms with Crippen molar-refractivity contribution in [1.29, 1.82) is 0 Å². The van der Waals surface area contributed by atoms with Crippen LogP contribution in [0.15, 0.2) is 0 Å². The molecule has 0 bridgehead atoms. The lowest BCUT2D eigenvalue weighted by Gasteiger charge is -2.13. The molecule has 0 aliphatic rings. The Labute approximate surface area is 173 Å². The van der Waals surface area contributed by atoms with Crippen LogP contribution >= 0.6 is 0 Å². The summed E-state index contributed by atoms with van der Waals surface area (Å²) in [5.74, 6) is 5.67. The van der Waals surface area contributed by atoms with Crippen LogP contribution in [0.25, 0.3) is 0 Å². The molecule has 0 aromatic heterocycles. The Hall–Kier alpha value is -1.50. The SMILES string of the molecule is CCCC#CCC(CC)OC(=O)CCCC(=O)OCCCCCCCCCC. The van der Waals surface area contributed by atoms with Gasteiger partial charge in [0.2, 0.25) is 0 Å². The Balaban J connectivity index is 3.63. The molecule has 0 aliphatic heterocycles. The number of ether oxygens (including phenoxy) is 2. The molecule has 0 radical (unpaired) electrons. The fourth-order valence-corrected chi connectivity index (χ4v) is 2.78. The number of rotatable bonds is 17.